The van der Waals surface area contributed by atoms with Crippen LogP contribution in [0.25, 0.3) is 0 Å². The van der Waals surface area contributed by atoms with Gasteiger partial charge >= 0.3 is 0 Å². The standard InChI is InChI=1S/C19H31N5O2S/c1-13-11-16(21-19(25)17-12-18(26-22-17)14-3-4-14)7-10-24(13)27-23-8-5-15(20-2)6-9-23/h12-16,20H,3-11H2,1-2H3,(H,21,25). The smallest absolute Gasteiger partial charge is 0.273 e. The summed E-state index contributed by atoms with van der Waals surface area (Å²) < 4.78 is 10.3. The molecule has 3 aliphatic rings. The molecule has 1 saturated carbocycles. The van der Waals surface area contributed by atoms with Crippen molar-refractivity contribution in [2.24, 2.45) is 0 Å². The van der Waals surface area contributed by atoms with E-state index in [1.54, 1.807) is 0 Å². The summed E-state index contributed by atoms with van der Waals surface area (Å²) in [5, 5.41) is 10.5. The van der Waals surface area contributed by atoms with Gasteiger partial charge in [0.2, 0.25) is 0 Å². The molecule has 0 aromatic carbocycles. The molecule has 0 bridgehead atoms. The van der Waals surface area contributed by atoms with Gasteiger partial charge in [0.25, 0.3) is 5.91 Å². The fourth-order valence-electron chi connectivity index (χ4n) is 3.99. The van der Waals surface area contributed by atoms with Crippen molar-refractivity contribution in [2.45, 2.75) is 69.5 Å². The molecule has 150 valence electrons. The number of carbonyl (C=O) groups excluding carboxylic acids is 1. The zero-order valence-electron chi connectivity index (χ0n) is 16.3. The largest absolute Gasteiger partial charge is 0.360 e. The van der Waals surface area contributed by atoms with Crippen molar-refractivity contribution < 1.29 is 9.32 Å². The first-order valence-corrected chi connectivity index (χ1v) is 11.0. The van der Waals surface area contributed by atoms with Gasteiger partial charge in [0.1, 0.15) is 5.76 Å². The number of amides is 1. The fourth-order valence-corrected chi connectivity index (χ4v) is 5.10. The van der Waals surface area contributed by atoms with Gasteiger partial charge < -0.3 is 15.2 Å². The van der Waals surface area contributed by atoms with Crippen molar-refractivity contribution >= 4 is 18.0 Å². The van der Waals surface area contributed by atoms with Crippen molar-refractivity contribution in [2.75, 3.05) is 26.7 Å². The quantitative estimate of drug-likeness (QED) is 0.719. The molecule has 0 radical (unpaired) electrons. The maximum absolute atomic E-state index is 12.5. The summed E-state index contributed by atoms with van der Waals surface area (Å²) in [5.74, 6) is 1.25. The van der Waals surface area contributed by atoms with E-state index in [4.69, 9.17) is 4.52 Å². The van der Waals surface area contributed by atoms with Crippen molar-refractivity contribution in [3.8, 4) is 0 Å². The van der Waals surface area contributed by atoms with E-state index in [1.807, 2.05) is 18.2 Å². The lowest BCUT2D eigenvalue weighted by molar-refractivity contribution is 0.0906. The van der Waals surface area contributed by atoms with Gasteiger partial charge in [0.15, 0.2) is 5.69 Å². The zero-order chi connectivity index (χ0) is 18.8. The first kappa shape index (κ1) is 19.2. The number of piperidine rings is 2. The van der Waals surface area contributed by atoms with Gasteiger partial charge in [-0.3, -0.25) is 4.79 Å². The van der Waals surface area contributed by atoms with E-state index in [9.17, 15) is 4.79 Å². The van der Waals surface area contributed by atoms with Crippen LogP contribution in [-0.2, 0) is 0 Å². The minimum atomic E-state index is -0.0990. The van der Waals surface area contributed by atoms with E-state index in [0.29, 0.717) is 23.7 Å². The first-order valence-electron chi connectivity index (χ1n) is 10.3. The molecule has 1 aromatic heterocycles. The van der Waals surface area contributed by atoms with E-state index >= 15 is 0 Å². The Bertz CT molecular complexity index is 642. The Morgan fingerprint density at radius 3 is 2.59 bits per heavy atom. The van der Waals surface area contributed by atoms with Crippen LogP contribution in [0, 0.1) is 0 Å². The molecule has 2 aliphatic heterocycles. The van der Waals surface area contributed by atoms with Gasteiger partial charge in [-0.2, -0.15) is 0 Å². The predicted octanol–water partition coefficient (Wildman–Crippen LogP) is 2.38. The first-order chi connectivity index (χ1) is 13.1. The van der Waals surface area contributed by atoms with Gasteiger partial charge in [-0.1, -0.05) is 5.16 Å². The molecule has 0 spiro atoms. The molecule has 8 heteroatoms. The summed E-state index contributed by atoms with van der Waals surface area (Å²) >= 11 is 1.89. The molecule has 27 heavy (non-hydrogen) atoms. The minimum absolute atomic E-state index is 0.0990. The molecule has 2 N–H and O–H groups in total. The summed E-state index contributed by atoms with van der Waals surface area (Å²) in [7, 11) is 2.06. The van der Waals surface area contributed by atoms with Crippen LogP contribution in [0.2, 0.25) is 0 Å². The summed E-state index contributed by atoms with van der Waals surface area (Å²) in [6.45, 7) is 5.52. The molecular weight excluding hydrogens is 362 g/mol. The number of carbonyl (C=O) groups is 1. The number of hydrogen-bond donors (Lipinski definition) is 2. The fraction of sp³-hybridized carbons (Fsp3) is 0.789. The van der Waals surface area contributed by atoms with Crippen molar-refractivity contribution in [3.63, 3.8) is 0 Å². The van der Waals surface area contributed by atoms with Gasteiger partial charge in [-0.15, -0.1) is 0 Å². The lowest BCUT2D eigenvalue weighted by Gasteiger charge is -2.40. The van der Waals surface area contributed by atoms with Crippen LogP contribution >= 0.6 is 12.1 Å². The second kappa shape index (κ2) is 8.51. The average Bonchev–Trinajstić information content (AvgIpc) is 3.41. The number of hydrogen-bond acceptors (Lipinski definition) is 7. The highest BCUT2D eigenvalue weighted by molar-refractivity contribution is 7.94. The summed E-state index contributed by atoms with van der Waals surface area (Å²) in [5.41, 5.74) is 0.425. The molecule has 7 nitrogen and oxygen atoms in total. The lowest BCUT2D eigenvalue weighted by atomic mass is 10.0. The molecular formula is C19H31N5O2S. The Hall–Kier alpha value is -1.09. The minimum Gasteiger partial charge on any atom is -0.360 e. The van der Waals surface area contributed by atoms with Crippen molar-refractivity contribution in [3.05, 3.63) is 17.5 Å². The number of nitrogens with one attached hydrogen (secondary N) is 2. The zero-order valence-corrected chi connectivity index (χ0v) is 17.1. The summed E-state index contributed by atoms with van der Waals surface area (Å²) in [4.78, 5) is 12.5. The molecule has 4 rings (SSSR count). The molecule has 2 atom stereocenters. The van der Waals surface area contributed by atoms with Crippen molar-refractivity contribution in [1.82, 2.24) is 24.4 Å². The molecule has 1 aromatic rings. The SMILES string of the molecule is CNC1CCN(SN2CCC(NC(=O)c3cc(C4CC4)on3)CC2C)CC1. The Morgan fingerprint density at radius 2 is 1.93 bits per heavy atom. The monoisotopic (exact) mass is 393 g/mol. The number of aromatic nitrogens is 1. The normalized spacial score (nSPS) is 28.4. The van der Waals surface area contributed by atoms with E-state index in [-0.39, 0.29) is 11.9 Å². The third-order valence-electron chi connectivity index (χ3n) is 5.97. The van der Waals surface area contributed by atoms with Crippen LogP contribution in [0.15, 0.2) is 10.6 Å². The average molecular weight is 394 g/mol. The van der Waals surface area contributed by atoms with Crippen LogP contribution in [0.1, 0.15) is 67.6 Å². The third-order valence-corrected chi connectivity index (χ3v) is 7.32. The molecule has 2 saturated heterocycles. The van der Waals surface area contributed by atoms with Crippen LogP contribution < -0.4 is 10.6 Å². The summed E-state index contributed by atoms with van der Waals surface area (Å²) in [6.07, 6.45) is 6.67. The van der Waals surface area contributed by atoms with Gasteiger partial charge in [-0.25, -0.2) is 8.61 Å². The molecule has 3 heterocycles. The maximum atomic E-state index is 12.5. The second-order valence-corrected chi connectivity index (χ2v) is 9.30. The third kappa shape index (κ3) is 4.85. The van der Waals surface area contributed by atoms with Crippen molar-refractivity contribution in [1.29, 1.82) is 0 Å². The highest BCUT2D eigenvalue weighted by atomic mass is 32.2. The summed E-state index contributed by atoms with van der Waals surface area (Å²) in [6, 6.07) is 3.13. The van der Waals surface area contributed by atoms with Crippen LogP contribution in [0.4, 0.5) is 0 Å². The highest BCUT2D eigenvalue weighted by Gasteiger charge is 2.32. The number of nitrogens with zero attached hydrogens (tertiary/aromatic N) is 3. The molecule has 2 unspecified atom stereocenters. The Morgan fingerprint density at radius 1 is 1.19 bits per heavy atom. The van der Waals surface area contributed by atoms with Crippen LogP contribution in [-0.4, -0.2) is 64.5 Å². The van der Waals surface area contributed by atoms with E-state index in [1.165, 1.54) is 12.8 Å². The van der Waals surface area contributed by atoms with Crippen LogP contribution in [0.3, 0.4) is 0 Å². The Kier molecular flexibility index (Phi) is 6.06. The maximum Gasteiger partial charge on any atom is 0.273 e. The lowest BCUT2D eigenvalue weighted by Crippen LogP contribution is -2.48. The van der Waals surface area contributed by atoms with E-state index in [0.717, 1.165) is 51.1 Å². The van der Waals surface area contributed by atoms with Crippen LogP contribution in [0.5, 0.6) is 0 Å². The van der Waals surface area contributed by atoms with Gasteiger partial charge in [0, 0.05) is 61.9 Å². The second-order valence-electron chi connectivity index (χ2n) is 8.15. The Labute approximate surface area is 165 Å². The Balaban J connectivity index is 1.22. The van der Waals surface area contributed by atoms with Gasteiger partial charge in [-0.05, 0) is 52.5 Å². The van der Waals surface area contributed by atoms with Gasteiger partial charge in [0.05, 0.1) is 0 Å². The molecule has 1 amide bonds. The topological polar surface area (TPSA) is 73.6 Å². The van der Waals surface area contributed by atoms with E-state index < -0.39 is 0 Å². The van der Waals surface area contributed by atoms with E-state index in [2.05, 4.69) is 38.4 Å². The predicted molar refractivity (Wildman–Crippen MR) is 106 cm³/mol. The number of rotatable bonds is 6. The molecule has 3 fully saturated rings. The highest BCUT2D eigenvalue weighted by Crippen LogP contribution is 2.40. The molecule has 1 aliphatic carbocycles.